The van der Waals surface area contributed by atoms with Crippen molar-refractivity contribution >= 4 is 17.8 Å². The maximum absolute atomic E-state index is 13.4. The first kappa shape index (κ1) is 45.1. The largest absolute Gasteiger partial charge is 0.460 e. The highest BCUT2D eigenvalue weighted by atomic mass is 16.5. The number of carbonyl (C=O) groups is 3. The molecule has 2 N–H and O–H groups in total. The highest BCUT2D eigenvalue weighted by Crippen LogP contribution is 2.15. The molecule has 0 spiro atoms. The summed E-state index contributed by atoms with van der Waals surface area (Å²) in [5.74, 6) is -1.57. The zero-order chi connectivity index (χ0) is 36.5. The third-order valence-electron chi connectivity index (χ3n) is 9.04. The maximum Gasteiger partial charge on any atom is 0.338 e. The first-order valence-electron chi connectivity index (χ1n) is 20.1. The van der Waals surface area contributed by atoms with Gasteiger partial charge in [0.25, 0.3) is 5.91 Å². The second kappa shape index (κ2) is 32.0. The fraction of sp³-hybridized carbons (Fsp3) is 0.698. The van der Waals surface area contributed by atoms with Crippen LogP contribution in [0.4, 0.5) is 0 Å². The van der Waals surface area contributed by atoms with Gasteiger partial charge in [0.15, 0.2) is 6.10 Å². The molecule has 0 heterocycles. The number of ether oxygens (including phenoxy) is 2. The molecule has 1 aromatic carbocycles. The minimum atomic E-state index is -1.09. The minimum Gasteiger partial charge on any atom is -0.460 e. The molecular formula is C43H71NO6. The summed E-state index contributed by atoms with van der Waals surface area (Å²) in [7, 11) is 0. The fourth-order valence-electron chi connectivity index (χ4n) is 5.96. The summed E-state index contributed by atoms with van der Waals surface area (Å²) in [6, 6.07) is 7.70. The highest BCUT2D eigenvalue weighted by molar-refractivity contribution is 5.89. The summed E-state index contributed by atoms with van der Waals surface area (Å²) in [6.45, 7) is 5.55. The predicted molar refractivity (Wildman–Crippen MR) is 206 cm³/mol. The first-order valence-corrected chi connectivity index (χ1v) is 20.1. The van der Waals surface area contributed by atoms with Gasteiger partial charge in [0, 0.05) is 6.92 Å². The number of allylic oxidation sites excluding steroid dienone is 3. The van der Waals surface area contributed by atoms with E-state index < -0.39 is 36.1 Å². The Bertz CT molecular complexity index is 1040. The van der Waals surface area contributed by atoms with Crippen LogP contribution in [0.5, 0.6) is 0 Å². The number of rotatable bonds is 32. The van der Waals surface area contributed by atoms with Crippen molar-refractivity contribution in [3.8, 4) is 0 Å². The molecule has 3 atom stereocenters. The Labute approximate surface area is 305 Å². The van der Waals surface area contributed by atoms with E-state index in [9.17, 15) is 19.5 Å². The molecule has 1 aromatic rings. The Kier molecular flexibility index (Phi) is 28.9. The molecule has 0 fully saturated rings. The normalized spacial score (nSPS) is 13.4. The molecule has 0 unspecified atom stereocenters. The van der Waals surface area contributed by atoms with Crippen molar-refractivity contribution in [2.75, 3.05) is 6.61 Å². The lowest BCUT2D eigenvalue weighted by atomic mass is 10.0. The summed E-state index contributed by atoms with van der Waals surface area (Å²) >= 11 is 0. The molecule has 0 aliphatic heterocycles. The zero-order valence-corrected chi connectivity index (χ0v) is 31.9. The molecule has 1 amide bonds. The SMILES string of the molecule is CCCCCCCCC/C=C\CC/C=C/[C@@H](O)[C@H](COC(=O)c1ccccc1)NC(=O)[C@@H](CCCCCCCCCCCCCC)OC(C)=O. The standard InChI is InChI=1S/C43H71NO6/c1-4-6-8-10-12-14-16-18-19-21-23-25-30-34-40(46)39(36-49-43(48)38-32-28-27-29-33-38)44-42(47)41(50-37(3)45)35-31-26-24-22-20-17-15-13-11-9-7-5-2/h19,21,27-30,32-34,39-41,46H,4-18,20,22-26,31,35-36H2,1-3H3,(H,44,47)/b21-19-,34-30+/t39-,40+,41+/m0/s1. The third-order valence-corrected chi connectivity index (χ3v) is 9.04. The highest BCUT2D eigenvalue weighted by Gasteiger charge is 2.27. The summed E-state index contributed by atoms with van der Waals surface area (Å²) in [5, 5.41) is 13.9. The number of unbranched alkanes of at least 4 members (excludes halogenated alkanes) is 19. The predicted octanol–water partition coefficient (Wildman–Crippen LogP) is 10.7. The lowest BCUT2D eigenvalue weighted by Gasteiger charge is -2.25. The van der Waals surface area contributed by atoms with E-state index in [0.29, 0.717) is 12.0 Å². The molecule has 284 valence electrons. The molecule has 50 heavy (non-hydrogen) atoms. The van der Waals surface area contributed by atoms with E-state index in [2.05, 4.69) is 31.3 Å². The Morgan fingerprint density at radius 3 is 1.74 bits per heavy atom. The first-order chi connectivity index (χ1) is 24.4. The van der Waals surface area contributed by atoms with E-state index in [0.717, 1.165) is 38.5 Å². The summed E-state index contributed by atoms with van der Waals surface area (Å²) in [4.78, 5) is 37.9. The van der Waals surface area contributed by atoms with Crippen LogP contribution in [0.2, 0.25) is 0 Å². The van der Waals surface area contributed by atoms with Crippen LogP contribution >= 0.6 is 0 Å². The molecule has 7 nitrogen and oxygen atoms in total. The van der Waals surface area contributed by atoms with Crippen LogP contribution in [0.3, 0.4) is 0 Å². The third kappa shape index (κ3) is 25.1. The monoisotopic (exact) mass is 698 g/mol. The average Bonchev–Trinajstić information content (AvgIpc) is 3.11. The van der Waals surface area contributed by atoms with Crippen molar-refractivity contribution in [2.45, 2.75) is 187 Å². The van der Waals surface area contributed by atoms with Crippen LogP contribution in [0.1, 0.15) is 179 Å². The maximum atomic E-state index is 13.4. The van der Waals surface area contributed by atoms with Crippen molar-refractivity contribution in [2.24, 2.45) is 0 Å². The second-order valence-corrected chi connectivity index (χ2v) is 13.7. The van der Waals surface area contributed by atoms with E-state index in [4.69, 9.17) is 9.47 Å². The van der Waals surface area contributed by atoms with Crippen molar-refractivity contribution in [3.05, 3.63) is 60.2 Å². The summed E-state index contributed by atoms with van der Waals surface area (Å²) in [5.41, 5.74) is 0.385. The Morgan fingerprint density at radius 1 is 0.680 bits per heavy atom. The van der Waals surface area contributed by atoms with Crippen LogP contribution in [-0.4, -0.2) is 47.8 Å². The van der Waals surface area contributed by atoms with Crippen LogP contribution < -0.4 is 5.32 Å². The topological polar surface area (TPSA) is 102 Å². The van der Waals surface area contributed by atoms with Gasteiger partial charge in [-0.25, -0.2) is 4.79 Å². The molecular weight excluding hydrogens is 626 g/mol. The van der Waals surface area contributed by atoms with Crippen molar-refractivity contribution in [1.29, 1.82) is 0 Å². The molecule has 0 aliphatic rings. The van der Waals surface area contributed by atoms with Gasteiger partial charge in [-0.1, -0.05) is 166 Å². The number of esters is 2. The van der Waals surface area contributed by atoms with E-state index in [1.807, 2.05) is 12.1 Å². The average molecular weight is 698 g/mol. The van der Waals surface area contributed by atoms with Gasteiger partial charge in [0.05, 0.1) is 17.7 Å². The van der Waals surface area contributed by atoms with Crippen LogP contribution in [0.15, 0.2) is 54.6 Å². The lowest BCUT2D eigenvalue weighted by Crippen LogP contribution is -2.50. The number of hydrogen-bond donors (Lipinski definition) is 2. The number of nitrogens with one attached hydrogen (secondary N) is 1. The fourth-order valence-corrected chi connectivity index (χ4v) is 5.96. The van der Waals surface area contributed by atoms with Gasteiger partial charge in [0.2, 0.25) is 0 Å². The van der Waals surface area contributed by atoms with Crippen molar-refractivity contribution < 1.29 is 29.0 Å². The molecule has 0 saturated carbocycles. The Morgan fingerprint density at radius 2 is 1.18 bits per heavy atom. The van der Waals surface area contributed by atoms with Gasteiger partial charge in [-0.2, -0.15) is 0 Å². The Balaban J connectivity index is 2.60. The van der Waals surface area contributed by atoms with Crippen LogP contribution in [0, 0.1) is 0 Å². The van der Waals surface area contributed by atoms with Crippen LogP contribution in [0.25, 0.3) is 0 Å². The number of aliphatic hydroxyl groups excluding tert-OH is 1. The number of hydrogen-bond acceptors (Lipinski definition) is 6. The molecule has 0 aliphatic carbocycles. The van der Waals surface area contributed by atoms with Crippen molar-refractivity contribution in [3.63, 3.8) is 0 Å². The molecule has 7 heteroatoms. The van der Waals surface area contributed by atoms with Gasteiger partial charge in [0.1, 0.15) is 6.61 Å². The number of aliphatic hydroxyl groups is 1. The molecule has 0 radical (unpaired) electrons. The number of amides is 1. The van der Waals surface area contributed by atoms with Gasteiger partial charge < -0.3 is 19.9 Å². The van der Waals surface area contributed by atoms with E-state index in [1.165, 1.54) is 110 Å². The number of benzene rings is 1. The van der Waals surface area contributed by atoms with Gasteiger partial charge >= 0.3 is 11.9 Å². The molecule has 1 rings (SSSR count). The second-order valence-electron chi connectivity index (χ2n) is 13.7. The number of carbonyl (C=O) groups excluding carboxylic acids is 3. The van der Waals surface area contributed by atoms with E-state index >= 15 is 0 Å². The summed E-state index contributed by atoms with van der Waals surface area (Å²) < 4.78 is 10.9. The minimum absolute atomic E-state index is 0.227. The molecule has 0 saturated heterocycles. The van der Waals surface area contributed by atoms with Crippen LogP contribution in [-0.2, 0) is 19.1 Å². The molecule has 0 bridgehead atoms. The molecule has 0 aromatic heterocycles. The summed E-state index contributed by atoms with van der Waals surface area (Å²) in [6.07, 6.45) is 32.4. The lowest BCUT2D eigenvalue weighted by molar-refractivity contribution is -0.155. The van der Waals surface area contributed by atoms with Gasteiger partial charge in [-0.3, -0.25) is 9.59 Å². The van der Waals surface area contributed by atoms with Gasteiger partial charge in [-0.15, -0.1) is 0 Å². The smallest absolute Gasteiger partial charge is 0.338 e. The van der Waals surface area contributed by atoms with E-state index in [-0.39, 0.29) is 6.61 Å². The zero-order valence-electron chi connectivity index (χ0n) is 31.9. The van der Waals surface area contributed by atoms with E-state index in [1.54, 1.807) is 30.3 Å². The van der Waals surface area contributed by atoms with Crippen molar-refractivity contribution in [1.82, 2.24) is 5.32 Å². The quantitative estimate of drug-likeness (QED) is 0.0441. The Hall–Kier alpha value is -2.93. The van der Waals surface area contributed by atoms with Gasteiger partial charge in [-0.05, 0) is 50.7 Å².